The fourth-order valence-electron chi connectivity index (χ4n) is 5.12. The standard InChI is InChI=1S/C29H34F3N5O4S/c1-19(38)36-42(39,40)23-13-14-26(28(17-23)41-3)34-15-5-6-22-16-24-25(35-21-11-9-20(33-2)10-12-21)7-4-8-27(24)37(22)18-29(30,31)32/h4,7-8,13-14,16-17,20-21,33-35H,9-12,15,18H2,1-3H3,(H,36,38). The molecule has 1 fully saturated rings. The maximum atomic E-state index is 13.6. The zero-order valence-corrected chi connectivity index (χ0v) is 24.4. The van der Waals surface area contributed by atoms with E-state index in [0.29, 0.717) is 22.6 Å². The summed E-state index contributed by atoms with van der Waals surface area (Å²) in [5, 5.41) is 10.5. The number of sulfonamides is 1. The number of alkyl halides is 3. The summed E-state index contributed by atoms with van der Waals surface area (Å²) in [6.07, 6.45) is -0.453. The molecule has 13 heteroatoms. The number of amides is 1. The van der Waals surface area contributed by atoms with Gasteiger partial charge in [0.1, 0.15) is 12.3 Å². The van der Waals surface area contributed by atoms with Gasteiger partial charge in [0.15, 0.2) is 0 Å². The highest BCUT2D eigenvalue weighted by Crippen LogP contribution is 2.32. The molecule has 1 heterocycles. The Hall–Kier alpha value is -3.89. The minimum atomic E-state index is -4.44. The first kappa shape index (κ1) is 31.1. The second kappa shape index (κ2) is 13.0. The maximum absolute atomic E-state index is 13.6. The van der Waals surface area contributed by atoms with Crippen LogP contribution in [0.15, 0.2) is 47.4 Å². The Morgan fingerprint density at radius 3 is 2.43 bits per heavy atom. The van der Waals surface area contributed by atoms with Crippen molar-refractivity contribution in [3.05, 3.63) is 48.2 Å². The van der Waals surface area contributed by atoms with E-state index in [2.05, 4.69) is 27.8 Å². The lowest BCUT2D eigenvalue weighted by Gasteiger charge is -2.29. The Morgan fingerprint density at radius 1 is 1.07 bits per heavy atom. The highest BCUT2D eigenvalue weighted by Gasteiger charge is 2.30. The molecular weight excluding hydrogens is 571 g/mol. The topological polar surface area (TPSA) is 113 Å². The van der Waals surface area contributed by atoms with Crippen molar-refractivity contribution >= 4 is 38.2 Å². The first-order chi connectivity index (χ1) is 19.9. The third-order valence-electron chi connectivity index (χ3n) is 7.12. The molecule has 0 spiro atoms. The lowest BCUT2D eigenvalue weighted by atomic mass is 9.91. The predicted octanol–water partition coefficient (Wildman–Crippen LogP) is 4.44. The molecular formula is C29H34F3N5O4S. The van der Waals surface area contributed by atoms with Crippen molar-refractivity contribution in [1.29, 1.82) is 0 Å². The first-order valence-electron chi connectivity index (χ1n) is 13.5. The minimum Gasteiger partial charge on any atom is -0.495 e. The van der Waals surface area contributed by atoms with Crippen molar-refractivity contribution in [3.8, 4) is 17.6 Å². The number of hydrogen-bond donors (Lipinski definition) is 4. The van der Waals surface area contributed by atoms with Crippen molar-refractivity contribution in [3.63, 3.8) is 0 Å². The van der Waals surface area contributed by atoms with Gasteiger partial charge in [0.25, 0.3) is 10.0 Å². The van der Waals surface area contributed by atoms with E-state index in [1.54, 1.807) is 18.2 Å². The average molecular weight is 606 g/mol. The number of halogens is 3. The molecule has 1 saturated carbocycles. The first-order valence-corrected chi connectivity index (χ1v) is 15.0. The molecule has 1 amide bonds. The van der Waals surface area contributed by atoms with Gasteiger partial charge < -0.3 is 25.3 Å². The molecule has 1 aliphatic carbocycles. The van der Waals surface area contributed by atoms with Crippen molar-refractivity contribution in [2.24, 2.45) is 0 Å². The van der Waals surface area contributed by atoms with E-state index in [1.807, 2.05) is 17.8 Å². The van der Waals surface area contributed by atoms with Crippen molar-refractivity contribution in [1.82, 2.24) is 14.6 Å². The Kier molecular flexibility index (Phi) is 9.58. The van der Waals surface area contributed by atoms with E-state index < -0.39 is 28.7 Å². The Morgan fingerprint density at radius 2 is 1.79 bits per heavy atom. The second-order valence-electron chi connectivity index (χ2n) is 10.1. The molecule has 9 nitrogen and oxygen atoms in total. The number of anilines is 2. The molecule has 1 aliphatic rings. The van der Waals surface area contributed by atoms with Crippen LogP contribution in [0.2, 0.25) is 0 Å². The van der Waals surface area contributed by atoms with Crippen LogP contribution in [0.5, 0.6) is 5.75 Å². The number of benzene rings is 2. The molecule has 4 N–H and O–H groups in total. The quantitative estimate of drug-likeness (QED) is 0.267. The van der Waals surface area contributed by atoms with E-state index in [0.717, 1.165) is 38.3 Å². The summed E-state index contributed by atoms with van der Waals surface area (Å²) < 4.78 is 73.6. The van der Waals surface area contributed by atoms with E-state index in [1.165, 1.54) is 29.9 Å². The van der Waals surface area contributed by atoms with E-state index >= 15 is 0 Å². The Bertz CT molecular complexity index is 1600. The minimum absolute atomic E-state index is 0.0432. The molecule has 42 heavy (non-hydrogen) atoms. The van der Waals surface area contributed by atoms with Gasteiger partial charge in [0.2, 0.25) is 5.91 Å². The zero-order valence-electron chi connectivity index (χ0n) is 23.6. The van der Waals surface area contributed by atoms with Crippen LogP contribution < -0.4 is 25.4 Å². The summed E-state index contributed by atoms with van der Waals surface area (Å²) in [7, 11) is -0.748. The predicted molar refractivity (Wildman–Crippen MR) is 156 cm³/mol. The summed E-state index contributed by atoms with van der Waals surface area (Å²) in [5.74, 6) is 5.19. The van der Waals surface area contributed by atoms with Gasteiger partial charge in [-0.15, -0.1) is 0 Å². The van der Waals surface area contributed by atoms with Gasteiger partial charge in [0, 0.05) is 36.1 Å². The summed E-state index contributed by atoms with van der Waals surface area (Å²) in [4.78, 5) is 11.0. The third kappa shape index (κ3) is 7.68. The molecule has 4 rings (SSSR count). The zero-order chi connectivity index (χ0) is 30.5. The number of fused-ring (bicyclic) bond motifs is 1. The van der Waals surface area contributed by atoms with E-state index in [4.69, 9.17) is 4.74 Å². The highest BCUT2D eigenvalue weighted by molar-refractivity contribution is 7.90. The summed E-state index contributed by atoms with van der Waals surface area (Å²) in [6, 6.07) is 11.7. The van der Waals surface area contributed by atoms with Crippen LogP contribution in [0.25, 0.3) is 10.9 Å². The molecule has 1 aromatic heterocycles. The van der Waals surface area contributed by atoms with Crippen LogP contribution in [0.4, 0.5) is 24.5 Å². The smallest absolute Gasteiger partial charge is 0.406 e. The summed E-state index contributed by atoms with van der Waals surface area (Å²) >= 11 is 0. The normalized spacial score (nSPS) is 17.3. The van der Waals surface area contributed by atoms with Gasteiger partial charge in [0.05, 0.1) is 35.4 Å². The lowest BCUT2D eigenvalue weighted by molar-refractivity contribution is -0.140. The molecule has 0 unspecified atom stereocenters. The number of hydrogen-bond acceptors (Lipinski definition) is 7. The summed E-state index contributed by atoms with van der Waals surface area (Å²) in [6.45, 7) is -0.0464. The van der Waals surface area contributed by atoms with Crippen molar-refractivity contribution in [2.45, 2.75) is 62.3 Å². The van der Waals surface area contributed by atoms with Gasteiger partial charge in [-0.05, 0) is 69.0 Å². The van der Waals surface area contributed by atoms with Gasteiger partial charge in [-0.1, -0.05) is 12.0 Å². The Labute approximate surface area is 243 Å². The number of rotatable bonds is 9. The molecule has 0 aliphatic heterocycles. The fourth-order valence-corrected chi connectivity index (χ4v) is 6.12. The molecule has 0 radical (unpaired) electrons. The maximum Gasteiger partial charge on any atom is 0.406 e. The molecule has 2 aromatic carbocycles. The Balaban J connectivity index is 1.56. The fraction of sp³-hybridized carbons (Fsp3) is 0.414. The van der Waals surface area contributed by atoms with Gasteiger partial charge in [-0.2, -0.15) is 13.2 Å². The van der Waals surface area contributed by atoms with Crippen LogP contribution in [0.1, 0.15) is 38.3 Å². The highest BCUT2D eigenvalue weighted by atomic mass is 32.2. The summed E-state index contributed by atoms with van der Waals surface area (Å²) in [5.41, 5.74) is 1.86. The van der Waals surface area contributed by atoms with Crippen molar-refractivity contribution < 1.29 is 31.1 Å². The van der Waals surface area contributed by atoms with Crippen LogP contribution >= 0.6 is 0 Å². The van der Waals surface area contributed by atoms with Crippen LogP contribution in [-0.2, 0) is 21.4 Å². The number of ether oxygens (including phenoxy) is 1. The lowest BCUT2D eigenvalue weighted by Crippen LogP contribution is -2.34. The number of nitrogens with zero attached hydrogens (tertiary/aromatic N) is 1. The monoisotopic (exact) mass is 605 g/mol. The SMILES string of the molecule is CNC1CCC(Nc2cccc3c2cc(C#CCNc2ccc(S(=O)(=O)NC(C)=O)cc2OC)n3CC(F)(F)F)CC1. The number of methoxy groups -OCH3 is 1. The van der Waals surface area contributed by atoms with Gasteiger partial charge >= 0.3 is 6.18 Å². The number of aromatic nitrogens is 1. The molecule has 226 valence electrons. The van der Waals surface area contributed by atoms with Crippen molar-refractivity contribution in [2.75, 3.05) is 31.3 Å². The van der Waals surface area contributed by atoms with Crippen LogP contribution in [0.3, 0.4) is 0 Å². The molecule has 0 bridgehead atoms. The van der Waals surface area contributed by atoms with Gasteiger partial charge in [-0.25, -0.2) is 13.1 Å². The van der Waals surface area contributed by atoms with E-state index in [9.17, 15) is 26.4 Å². The number of nitrogens with one attached hydrogen (secondary N) is 4. The largest absolute Gasteiger partial charge is 0.495 e. The van der Waals surface area contributed by atoms with Gasteiger partial charge in [-0.3, -0.25) is 4.79 Å². The number of carbonyl (C=O) groups excluding carboxylic acids is 1. The molecule has 3 aromatic rings. The second-order valence-corrected chi connectivity index (χ2v) is 11.8. The number of carbonyl (C=O) groups is 1. The average Bonchev–Trinajstić information content (AvgIpc) is 3.27. The van der Waals surface area contributed by atoms with E-state index in [-0.39, 0.29) is 28.9 Å². The molecule has 0 saturated heterocycles. The third-order valence-corrected chi connectivity index (χ3v) is 8.55. The van der Waals surface area contributed by atoms with Crippen LogP contribution in [-0.4, -0.2) is 57.9 Å². The molecule has 0 atom stereocenters. The van der Waals surface area contributed by atoms with Crippen LogP contribution in [0, 0.1) is 11.8 Å².